The van der Waals surface area contributed by atoms with E-state index < -0.39 is 5.76 Å². The highest BCUT2D eigenvalue weighted by molar-refractivity contribution is 5.79. The Morgan fingerprint density at radius 1 is 1.14 bits per heavy atom. The number of likely N-dealkylation sites (tertiary alicyclic amines) is 2. The highest BCUT2D eigenvalue weighted by Gasteiger charge is 2.43. The summed E-state index contributed by atoms with van der Waals surface area (Å²) in [6.45, 7) is 11.8. The number of piperidine rings is 1. The van der Waals surface area contributed by atoms with E-state index in [4.69, 9.17) is 4.42 Å². The normalized spacial score (nSPS) is 23.8. The molecule has 152 valence electrons. The van der Waals surface area contributed by atoms with Crippen molar-refractivity contribution in [2.75, 3.05) is 32.7 Å². The monoisotopic (exact) mass is 385 g/mol. The smallest absolute Gasteiger partial charge is 0.408 e. The third kappa shape index (κ3) is 3.88. The van der Waals surface area contributed by atoms with Crippen LogP contribution in [0.1, 0.15) is 40.0 Å². The molecule has 0 aliphatic carbocycles. The zero-order valence-corrected chi connectivity index (χ0v) is 17.2. The molecule has 2 aliphatic heterocycles. The second kappa shape index (κ2) is 7.07. The number of hydrogen-bond acceptors (Lipinski definition) is 4. The van der Waals surface area contributed by atoms with Gasteiger partial charge in [0.1, 0.15) is 6.54 Å². The second-order valence-electron chi connectivity index (χ2n) is 9.86. The maximum Gasteiger partial charge on any atom is 0.420 e. The first kappa shape index (κ1) is 19.2. The molecule has 1 atom stereocenters. The zero-order valence-electron chi connectivity index (χ0n) is 17.2. The predicted octanol–water partition coefficient (Wildman–Crippen LogP) is 2.96. The van der Waals surface area contributed by atoms with Crippen LogP contribution in [0.25, 0.3) is 11.1 Å². The molecule has 0 saturated carbocycles. The van der Waals surface area contributed by atoms with Crippen LogP contribution in [0.4, 0.5) is 0 Å². The first-order valence-corrected chi connectivity index (χ1v) is 10.3. The van der Waals surface area contributed by atoms with Crippen molar-refractivity contribution in [2.24, 2.45) is 10.8 Å². The van der Waals surface area contributed by atoms with Crippen molar-refractivity contribution in [1.29, 1.82) is 0 Å². The first-order chi connectivity index (χ1) is 13.2. The van der Waals surface area contributed by atoms with E-state index in [0.29, 0.717) is 11.1 Å². The van der Waals surface area contributed by atoms with Gasteiger partial charge in [0, 0.05) is 31.6 Å². The van der Waals surface area contributed by atoms with Crippen LogP contribution in [0, 0.1) is 10.8 Å². The number of para-hydroxylation sites is 2. The third-order valence-corrected chi connectivity index (χ3v) is 6.10. The molecule has 2 aliphatic rings. The van der Waals surface area contributed by atoms with E-state index in [1.165, 1.54) is 17.4 Å². The molecule has 0 unspecified atom stereocenters. The molecule has 2 fully saturated rings. The highest BCUT2D eigenvalue weighted by atomic mass is 16.4. The molecule has 2 saturated heterocycles. The second-order valence-corrected chi connectivity index (χ2v) is 9.86. The summed E-state index contributed by atoms with van der Waals surface area (Å²) in [5.41, 5.74) is 1.71. The number of carbonyl (C=O) groups excluding carboxylic acids is 1. The maximum atomic E-state index is 13.0. The number of amides is 1. The summed E-state index contributed by atoms with van der Waals surface area (Å²) in [5.74, 6) is -0.448. The average Bonchev–Trinajstić information content (AvgIpc) is 3.15. The summed E-state index contributed by atoms with van der Waals surface area (Å²) in [6, 6.07) is 7.27. The van der Waals surface area contributed by atoms with Crippen molar-refractivity contribution in [3.63, 3.8) is 0 Å². The summed E-state index contributed by atoms with van der Waals surface area (Å²) in [7, 11) is 0. The molecule has 3 heterocycles. The van der Waals surface area contributed by atoms with Crippen LogP contribution in [0.15, 0.2) is 33.5 Å². The van der Waals surface area contributed by atoms with Crippen LogP contribution >= 0.6 is 0 Å². The minimum Gasteiger partial charge on any atom is -0.408 e. The van der Waals surface area contributed by atoms with Gasteiger partial charge in [-0.25, -0.2) is 4.79 Å². The Morgan fingerprint density at radius 2 is 1.93 bits per heavy atom. The lowest BCUT2D eigenvalue weighted by Crippen LogP contribution is -2.47. The number of fused-ring (bicyclic) bond motifs is 1. The van der Waals surface area contributed by atoms with Crippen LogP contribution in [0.3, 0.4) is 0 Å². The Kier molecular flexibility index (Phi) is 4.86. The largest absolute Gasteiger partial charge is 0.420 e. The van der Waals surface area contributed by atoms with Gasteiger partial charge in [-0.15, -0.1) is 0 Å². The van der Waals surface area contributed by atoms with Crippen molar-refractivity contribution >= 4 is 17.0 Å². The standard InChI is InChI=1S/C22H31N3O3/c1-21(2,3)14-23-11-6-9-22(15-23)10-12-24(16-22)19(26)13-25-17-7-4-5-8-18(17)28-20(25)27/h4-5,7-8H,6,9-16H2,1-3H3/t22-/m0/s1. The fraction of sp³-hybridized carbons (Fsp3) is 0.636. The minimum atomic E-state index is -0.461. The zero-order chi connectivity index (χ0) is 19.9. The summed E-state index contributed by atoms with van der Waals surface area (Å²) >= 11 is 0. The van der Waals surface area contributed by atoms with E-state index >= 15 is 0 Å². The highest BCUT2D eigenvalue weighted by Crippen LogP contribution is 2.39. The van der Waals surface area contributed by atoms with Gasteiger partial charge in [-0.2, -0.15) is 0 Å². The molecule has 1 spiro atoms. The van der Waals surface area contributed by atoms with Crippen LogP contribution < -0.4 is 5.76 Å². The number of oxazole rings is 1. The molecule has 2 aromatic rings. The van der Waals surface area contributed by atoms with Crippen LogP contribution in [0.2, 0.25) is 0 Å². The SMILES string of the molecule is CC(C)(C)CN1CCC[C@]2(CCN(C(=O)Cn3c(=O)oc4ccccc43)C2)C1. The van der Waals surface area contributed by atoms with E-state index in [2.05, 4.69) is 25.7 Å². The lowest BCUT2D eigenvalue weighted by Gasteiger charge is -2.42. The maximum absolute atomic E-state index is 13.0. The minimum absolute atomic E-state index is 0.0125. The summed E-state index contributed by atoms with van der Waals surface area (Å²) in [5, 5.41) is 0. The van der Waals surface area contributed by atoms with Gasteiger partial charge in [-0.1, -0.05) is 32.9 Å². The molecular weight excluding hydrogens is 354 g/mol. The van der Waals surface area contributed by atoms with Gasteiger partial charge in [0.25, 0.3) is 0 Å². The van der Waals surface area contributed by atoms with E-state index in [1.807, 2.05) is 23.1 Å². The number of hydrogen-bond donors (Lipinski definition) is 0. The molecule has 1 aromatic heterocycles. The Bertz CT molecular complexity index is 923. The van der Waals surface area contributed by atoms with Gasteiger partial charge >= 0.3 is 5.76 Å². The molecule has 28 heavy (non-hydrogen) atoms. The Morgan fingerprint density at radius 3 is 2.71 bits per heavy atom. The Hall–Kier alpha value is -2.08. The van der Waals surface area contributed by atoms with Gasteiger partial charge in [0.2, 0.25) is 5.91 Å². The Balaban J connectivity index is 1.44. The van der Waals surface area contributed by atoms with Crippen molar-refractivity contribution in [3.05, 3.63) is 34.8 Å². The number of rotatable bonds is 3. The van der Waals surface area contributed by atoms with Gasteiger partial charge in [-0.3, -0.25) is 9.36 Å². The number of nitrogens with zero attached hydrogens (tertiary/aromatic N) is 3. The van der Waals surface area contributed by atoms with Crippen molar-refractivity contribution in [2.45, 2.75) is 46.6 Å². The quantitative estimate of drug-likeness (QED) is 0.815. The van der Waals surface area contributed by atoms with Gasteiger partial charge < -0.3 is 14.2 Å². The topological polar surface area (TPSA) is 58.7 Å². The number of carbonyl (C=O) groups is 1. The predicted molar refractivity (Wildman–Crippen MR) is 109 cm³/mol. The van der Waals surface area contributed by atoms with E-state index in [1.54, 1.807) is 6.07 Å². The van der Waals surface area contributed by atoms with Crippen LogP contribution in [-0.2, 0) is 11.3 Å². The van der Waals surface area contributed by atoms with Gasteiger partial charge in [-0.05, 0) is 43.4 Å². The van der Waals surface area contributed by atoms with Crippen molar-refractivity contribution in [3.8, 4) is 0 Å². The summed E-state index contributed by atoms with van der Waals surface area (Å²) in [6.07, 6.45) is 3.44. The van der Waals surface area contributed by atoms with E-state index in [-0.39, 0.29) is 23.3 Å². The van der Waals surface area contributed by atoms with Crippen LogP contribution in [0.5, 0.6) is 0 Å². The molecular formula is C22H31N3O3. The molecule has 0 N–H and O–H groups in total. The van der Waals surface area contributed by atoms with Crippen molar-refractivity contribution < 1.29 is 9.21 Å². The summed E-state index contributed by atoms with van der Waals surface area (Å²) < 4.78 is 6.72. The van der Waals surface area contributed by atoms with Crippen molar-refractivity contribution in [1.82, 2.24) is 14.4 Å². The first-order valence-electron chi connectivity index (χ1n) is 10.3. The fourth-order valence-corrected chi connectivity index (χ4v) is 5.00. The van der Waals surface area contributed by atoms with Gasteiger partial charge in [0.15, 0.2) is 5.58 Å². The molecule has 1 amide bonds. The van der Waals surface area contributed by atoms with E-state index in [9.17, 15) is 9.59 Å². The average molecular weight is 386 g/mol. The molecule has 6 nitrogen and oxygen atoms in total. The number of aromatic nitrogens is 1. The summed E-state index contributed by atoms with van der Waals surface area (Å²) in [4.78, 5) is 29.7. The molecule has 0 bridgehead atoms. The third-order valence-electron chi connectivity index (χ3n) is 6.10. The lowest BCUT2D eigenvalue weighted by atomic mass is 9.78. The Labute approximate surface area is 166 Å². The molecule has 4 rings (SSSR count). The number of benzene rings is 1. The molecule has 6 heteroatoms. The van der Waals surface area contributed by atoms with E-state index in [0.717, 1.165) is 39.1 Å². The molecule has 1 aromatic carbocycles. The van der Waals surface area contributed by atoms with Gasteiger partial charge in [0.05, 0.1) is 5.52 Å². The fourth-order valence-electron chi connectivity index (χ4n) is 5.00. The van der Waals surface area contributed by atoms with Crippen LogP contribution in [-0.4, -0.2) is 53.0 Å². The lowest BCUT2D eigenvalue weighted by molar-refractivity contribution is -0.131. The molecule has 0 radical (unpaired) electrons.